The molecule has 140 valence electrons. The first-order valence-corrected chi connectivity index (χ1v) is 9.51. The summed E-state index contributed by atoms with van der Waals surface area (Å²) in [4.78, 5) is 16.3. The lowest BCUT2D eigenvalue weighted by molar-refractivity contribution is 0.0995. The standard InChI is InChI=1S/C21H22N2O3S/c1-13(2)14-4-6-15(7-5-14)21-23-16(12-27-21)11-26-19-9-8-17(25-3)10-18(19)20(22)24/h4-10,12-13H,11H2,1-3H3,(H2,22,24). The molecule has 6 heteroatoms. The molecule has 2 N–H and O–H groups in total. The smallest absolute Gasteiger partial charge is 0.252 e. The van der Waals surface area contributed by atoms with E-state index in [0.29, 0.717) is 17.4 Å². The number of carbonyl (C=O) groups is 1. The molecule has 0 unspecified atom stereocenters. The monoisotopic (exact) mass is 382 g/mol. The second kappa shape index (κ2) is 8.22. The highest BCUT2D eigenvalue weighted by atomic mass is 32.1. The van der Waals surface area contributed by atoms with Gasteiger partial charge in [-0.2, -0.15) is 0 Å². The van der Waals surface area contributed by atoms with Crippen LogP contribution >= 0.6 is 11.3 Å². The molecular weight excluding hydrogens is 360 g/mol. The third kappa shape index (κ3) is 4.46. The molecule has 2 aromatic carbocycles. The zero-order valence-corrected chi connectivity index (χ0v) is 16.4. The van der Waals surface area contributed by atoms with Gasteiger partial charge in [-0.05, 0) is 29.7 Å². The summed E-state index contributed by atoms with van der Waals surface area (Å²) in [5, 5.41) is 2.90. The Morgan fingerprint density at radius 2 is 1.93 bits per heavy atom. The van der Waals surface area contributed by atoms with Gasteiger partial charge >= 0.3 is 0 Å². The first-order chi connectivity index (χ1) is 13.0. The maximum Gasteiger partial charge on any atom is 0.252 e. The lowest BCUT2D eigenvalue weighted by Crippen LogP contribution is -2.13. The molecule has 3 rings (SSSR count). The van der Waals surface area contributed by atoms with Crippen LogP contribution in [0.25, 0.3) is 10.6 Å². The average molecular weight is 382 g/mol. The number of nitrogens with two attached hydrogens (primary N) is 1. The average Bonchev–Trinajstić information content (AvgIpc) is 3.15. The van der Waals surface area contributed by atoms with Crippen molar-refractivity contribution in [1.82, 2.24) is 4.98 Å². The van der Waals surface area contributed by atoms with Gasteiger partial charge in [0.2, 0.25) is 0 Å². The van der Waals surface area contributed by atoms with Crippen LogP contribution in [0.1, 0.15) is 41.4 Å². The Labute approximate surface area is 162 Å². The molecule has 0 atom stereocenters. The number of thiazole rings is 1. The van der Waals surface area contributed by atoms with E-state index in [0.717, 1.165) is 16.3 Å². The minimum Gasteiger partial charge on any atom is -0.497 e. The highest BCUT2D eigenvalue weighted by Gasteiger charge is 2.12. The van der Waals surface area contributed by atoms with Gasteiger partial charge in [0, 0.05) is 10.9 Å². The molecule has 0 aliphatic heterocycles. The van der Waals surface area contributed by atoms with Gasteiger partial charge in [0.15, 0.2) is 0 Å². The normalized spacial score (nSPS) is 10.8. The Hall–Kier alpha value is -2.86. The van der Waals surface area contributed by atoms with Crippen LogP contribution in [0.2, 0.25) is 0 Å². The highest BCUT2D eigenvalue weighted by Crippen LogP contribution is 2.28. The Balaban J connectivity index is 1.72. The van der Waals surface area contributed by atoms with E-state index < -0.39 is 5.91 Å². The van der Waals surface area contributed by atoms with Gasteiger partial charge in [-0.1, -0.05) is 38.1 Å². The summed E-state index contributed by atoms with van der Waals surface area (Å²) in [5.74, 6) is 0.910. The van der Waals surface area contributed by atoms with Crippen LogP contribution in [0.4, 0.5) is 0 Å². The summed E-state index contributed by atoms with van der Waals surface area (Å²) in [6.45, 7) is 4.61. The molecular formula is C21H22N2O3S. The van der Waals surface area contributed by atoms with Crippen LogP contribution in [0.5, 0.6) is 11.5 Å². The van der Waals surface area contributed by atoms with Crippen LogP contribution in [0.15, 0.2) is 47.8 Å². The number of carbonyl (C=O) groups excluding carboxylic acids is 1. The molecule has 0 aliphatic rings. The second-order valence-electron chi connectivity index (χ2n) is 6.44. The summed E-state index contributed by atoms with van der Waals surface area (Å²) in [6, 6.07) is 13.4. The third-order valence-corrected chi connectivity index (χ3v) is 5.14. The quantitative estimate of drug-likeness (QED) is 0.647. The molecule has 27 heavy (non-hydrogen) atoms. The van der Waals surface area contributed by atoms with E-state index in [4.69, 9.17) is 15.2 Å². The van der Waals surface area contributed by atoms with E-state index in [1.807, 2.05) is 5.38 Å². The van der Waals surface area contributed by atoms with E-state index in [-0.39, 0.29) is 12.2 Å². The fourth-order valence-corrected chi connectivity index (χ4v) is 3.43. The molecule has 1 aromatic heterocycles. The van der Waals surface area contributed by atoms with E-state index in [1.54, 1.807) is 29.5 Å². The lowest BCUT2D eigenvalue weighted by atomic mass is 10.0. The summed E-state index contributed by atoms with van der Waals surface area (Å²) in [6.07, 6.45) is 0. The van der Waals surface area contributed by atoms with Crippen molar-refractivity contribution in [2.24, 2.45) is 5.73 Å². The number of nitrogens with zero attached hydrogens (tertiary/aromatic N) is 1. The molecule has 1 heterocycles. The molecule has 0 aliphatic carbocycles. The van der Waals surface area contributed by atoms with Gasteiger partial charge in [0.1, 0.15) is 23.1 Å². The maximum absolute atomic E-state index is 11.6. The zero-order valence-electron chi connectivity index (χ0n) is 15.6. The van der Waals surface area contributed by atoms with Crippen LogP contribution < -0.4 is 15.2 Å². The van der Waals surface area contributed by atoms with Crippen molar-refractivity contribution in [3.05, 3.63) is 64.7 Å². The number of primary amides is 1. The molecule has 0 radical (unpaired) electrons. The fourth-order valence-electron chi connectivity index (χ4n) is 2.62. The van der Waals surface area contributed by atoms with Gasteiger partial charge in [0.25, 0.3) is 5.91 Å². The van der Waals surface area contributed by atoms with E-state index in [9.17, 15) is 4.79 Å². The first kappa shape index (κ1) is 18.9. The minimum absolute atomic E-state index is 0.257. The Morgan fingerprint density at radius 1 is 1.19 bits per heavy atom. The molecule has 1 amide bonds. The molecule has 3 aromatic rings. The zero-order chi connectivity index (χ0) is 19.4. The number of benzene rings is 2. The number of methoxy groups -OCH3 is 1. The summed E-state index contributed by atoms with van der Waals surface area (Å²) >= 11 is 1.57. The van der Waals surface area contributed by atoms with Crippen molar-refractivity contribution in [2.45, 2.75) is 26.4 Å². The Bertz CT molecular complexity index is 933. The molecule has 0 spiro atoms. The number of hydrogen-bond donors (Lipinski definition) is 1. The molecule has 0 fully saturated rings. The summed E-state index contributed by atoms with van der Waals surface area (Å²) < 4.78 is 10.9. The Kier molecular flexibility index (Phi) is 5.76. The van der Waals surface area contributed by atoms with Gasteiger partial charge in [-0.3, -0.25) is 4.79 Å². The summed E-state index contributed by atoms with van der Waals surface area (Å²) in [7, 11) is 1.53. The van der Waals surface area contributed by atoms with E-state index in [1.165, 1.54) is 12.7 Å². The van der Waals surface area contributed by atoms with Crippen LogP contribution in [0.3, 0.4) is 0 Å². The number of amides is 1. The Morgan fingerprint density at radius 3 is 2.56 bits per heavy atom. The van der Waals surface area contributed by atoms with E-state index in [2.05, 4.69) is 43.1 Å². The van der Waals surface area contributed by atoms with Crippen LogP contribution in [0, 0.1) is 0 Å². The number of rotatable bonds is 7. The lowest BCUT2D eigenvalue weighted by Gasteiger charge is -2.10. The SMILES string of the molecule is COc1ccc(OCc2csc(-c3ccc(C(C)C)cc3)n2)c(C(N)=O)c1. The number of ether oxygens (including phenoxy) is 2. The molecule has 0 saturated heterocycles. The van der Waals surface area contributed by atoms with Crippen LogP contribution in [-0.4, -0.2) is 18.0 Å². The molecule has 0 saturated carbocycles. The maximum atomic E-state index is 11.6. The van der Waals surface area contributed by atoms with Crippen molar-refractivity contribution in [3.8, 4) is 22.1 Å². The van der Waals surface area contributed by atoms with Gasteiger partial charge in [-0.25, -0.2) is 4.98 Å². The topological polar surface area (TPSA) is 74.4 Å². The summed E-state index contributed by atoms with van der Waals surface area (Å²) in [5.41, 5.74) is 8.90. The van der Waals surface area contributed by atoms with Crippen molar-refractivity contribution < 1.29 is 14.3 Å². The predicted molar refractivity (Wildman–Crippen MR) is 107 cm³/mol. The minimum atomic E-state index is -0.562. The molecule has 0 bridgehead atoms. The largest absolute Gasteiger partial charge is 0.497 e. The van der Waals surface area contributed by atoms with Crippen molar-refractivity contribution in [2.75, 3.05) is 7.11 Å². The van der Waals surface area contributed by atoms with Gasteiger partial charge in [0.05, 0.1) is 18.4 Å². The van der Waals surface area contributed by atoms with E-state index >= 15 is 0 Å². The highest BCUT2D eigenvalue weighted by molar-refractivity contribution is 7.13. The van der Waals surface area contributed by atoms with Crippen LogP contribution in [-0.2, 0) is 6.61 Å². The predicted octanol–water partition coefficient (Wildman–Crippen LogP) is 4.62. The number of aromatic nitrogens is 1. The molecule has 5 nitrogen and oxygen atoms in total. The van der Waals surface area contributed by atoms with Crippen molar-refractivity contribution in [3.63, 3.8) is 0 Å². The number of hydrogen-bond acceptors (Lipinski definition) is 5. The third-order valence-electron chi connectivity index (χ3n) is 4.20. The second-order valence-corrected chi connectivity index (χ2v) is 7.29. The first-order valence-electron chi connectivity index (χ1n) is 8.63. The van der Waals surface area contributed by atoms with Gasteiger partial charge in [-0.15, -0.1) is 11.3 Å². The fraction of sp³-hybridized carbons (Fsp3) is 0.238. The van der Waals surface area contributed by atoms with Crippen molar-refractivity contribution >= 4 is 17.2 Å². The van der Waals surface area contributed by atoms with Crippen molar-refractivity contribution in [1.29, 1.82) is 0 Å². The van der Waals surface area contributed by atoms with Gasteiger partial charge < -0.3 is 15.2 Å².